The van der Waals surface area contributed by atoms with Crippen molar-refractivity contribution in [1.82, 2.24) is 4.90 Å². The number of nitrogens with zero attached hydrogens (tertiary/aromatic N) is 1. The smallest absolute Gasteiger partial charge is 0.224 e. The van der Waals surface area contributed by atoms with E-state index >= 15 is 0 Å². The molecule has 1 aliphatic heterocycles. The summed E-state index contributed by atoms with van der Waals surface area (Å²) in [5.74, 6) is 0.196. The maximum atomic E-state index is 11.5. The van der Waals surface area contributed by atoms with Gasteiger partial charge >= 0.3 is 0 Å². The Morgan fingerprint density at radius 1 is 1.50 bits per heavy atom. The first-order valence-electron chi connectivity index (χ1n) is 4.47. The molecule has 12 heavy (non-hydrogen) atoms. The molecule has 3 nitrogen and oxygen atoms in total. The van der Waals surface area contributed by atoms with Crippen LogP contribution in [0.2, 0.25) is 0 Å². The van der Waals surface area contributed by atoms with Gasteiger partial charge in [-0.15, -0.1) is 0 Å². The van der Waals surface area contributed by atoms with Crippen molar-refractivity contribution < 1.29 is 4.79 Å². The second-order valence-electron chi connectivity index (χ2n) is 4.47. The van der Waals surface area contributed by atoms with Crippen LogP contribution in [0.25, 0.3) is 0 Å². The molecule has 0 spiro atoms. The zero-order chi connectivity index (χ0) is 9.35. The van der Waals surface area contributed by atoms with Gasteiger partial charge in [-0.05, 0) is 27.2 Å². The lowest BCUT2D eigenvalue weighted by Crippen LogP contribution is -2.52. The normalized spacial score (nSPS) is 26.2. The van der Waals surface area contributed by atoms with E-state index in [0.717, 1.165) is 13.0 Å². The molecular weight excluding hydrogens is 152 g/mol. The largest absolute Gasteiger partial charge is 0.338 e. The first-order chi connectivity index (χ1) is 5.41. The van der Waals surface area contributed by atoms with Gasteiger partial charge in [0.1, 0.15) is 0 Å². The number of hydrogen-bond donors (Lipinski definition) is 1. The first kappa shape index (κ1) is 9.52. The van der Waals surface area contributed by atoms with Gasteiger partial charge < -0.3 is 10.6 Å². The molecule has 0 aromatic rings. The molecule has 0 bridgehead atoms. The number of likely N-dealkylation sites (tertiary alicyclic amines) is 1. The van der Waals surface area contributed by atoms with Crippen molar-refractivity contribution >= 4 is 5.91 Å². The van der Waals surface area contributed by atoms with Crippen molar-refractivity contribution in [2.75, 3.05) is 6.54 Å². The Morgan fingerprint density at radius 3 is 2.50 bits per heavy atom. The Labute approximate surface area is 73.9 Å². The van der Waals surface area contributed by atoms with Crippen LogP contribution in [-0.2, 0) is 4.79 Å². The molecule has 0 aliphatic carbocycles. The number of carbonyl (C=O) groups excluding carboxylic acids is 1. The first-order valence-corrected chi connectivity index (χ1v) is 4.47. The summed E-state index contributed by atoms with van der Waals surface area (Å²) in [5, 5.41) is 0. The Balaban J connectivity index is 2.63. The Bertz CT molecular complexity index is 183. The SMILES string of the molecule is CC(C)(C)N1CCC(N)CC1=O. The van der Waals surface area contributed by atoms with Crippen LogP contribution in [0.4, 0.5) is 0 Å². The van der Waals surface area contributed by atoms with E-state index in [9.17, 15) is 4.79 Å². The third kappa shape index (κ3) is 1.97. The average molecular weight is 170 g/mol. The van der Waals surface area contributed by atoms with Gasteiger partial charge in [0.25, 0.3) is 0 Å². The molecule has 0 saturated carbocycles. The van der Waals surface area contributed by atoms with E-state index in [2.05, 4.69) is 20.8 Å². The number of nitrogens with two attached hydrogens (primary N) is 1. The van der Waals surface area contributed by atoms with Gasteiger partial charge in [-0.2, -0.15) is 0 Å². The second-order valence-corrected chi connectivity index (χ2v) is 4.47. The van der Waals surface area contributed by atoms with E-state index in [-0.39, 0.29) is 17.5 Å². The minimum absolute atomic E-state index is 0.0444. The minimum atomic E-state index is -0.0444. The minimum Gasteiger partial charge on any atom is -0.338 e. The zero-order valence-corrected chi connectivity index (χ0v) is 8.13. The quantitative estimate of drug-likeness (QED) is 0.582. The molecule has 0 radical (unpaired) electrons. The fourth-order valence-corrected chi connectivity index (χ4v) is 1.57. The highest BCUT2D eigenvalue weighted by atomic mass is 16.2. The van der Waals surface area contributed by atoms with Gasteiger partial charge in [0, 0.05) is 24.5 Å². The molecule has 1 fully saturated rings. The van der Waals surface area contributed by atoms with Crippen molar-refractivity contribution in [2.24, 2.45) is 5.73 Å². The average Bonchev–Trinajstić information content (AvgIpc) is 1.83. The van der Waals surface area contributed by atoms with Crippen LogP contribution < -0.4 is 5.73 Å². The lowest BCUT2D eigenvalue weighted by molar-refractivity contribution is -0.138. The maximum absolute atomic E-state index is 11.5. The molecule has 1 saturated heterocycles. The van der Waals surface area contributed by atoms with Crippen molar-refractivity contribution in [3.8, 4) is 0 Å². The third-order valence-corrected chi connectivity index (χ3v) is 2.27. The van der Waals surface area contributed by atoms with E-state index in [4.69, 9.17) is 5.73 Å². The molecule has 1 atom stereocenters. The predicted octanol–water partition coefficient (Wildman–Crippen LogP) is 0.735. The Kier molecular flexibility index (Phi) is 2.42. The van der Waals surface area contributed by atoms with Crippen LogP contribution in [0.1, 0.15) is 33.6 Å². The molecule has 0 aromatic carbocycles. The van der Waals surface area contributed by atoms with Crippen LogP contribution in [0.3, 0.4) is 0 Å². The molecule has 1 amide bonds. The fourth-order valence-electron chi connectivity index (χ4n) is 1.57. The number of piperidine rings is 1. The topological polar surface area (TPSA) is 46.3 Å². The van der Waals surface area contributed by atoms with E-state index in [1.165, 1.54) is 0 Å². The number of rotatable bonds is 0. The monoisotopic (exact) mass is 170 g/mol. The highest BCUT2D eigenvalue weighted by Gasteiger charge is 2.30. The molecule has 1 unspecified atom stereocenters. The second kappa shape index (κ2) is 3.05. The van der Waals surface area contributed by atoms with Gasteiger partial charge in [-0.1, -0.05) is 0 Å². The Hall–Kier alpha value is -0.570. The van der Waals surface area contributed by atoms with E-state index in [0.29, 0.717) is 6.42 Å². The number of hydrogen-bond acceptors (Lipinski definition) is 2. The zero-order valence-electron chi connectivity index (χ0n) is 8.13. The summed E-state index contributed by atoms with van der Waals surface area (Å²) >= 11 is 0. The van der Waals surface area contributed by atoms with Crippen molar-refractivity contribution in [3.63, 3.8) is 0 Å². The van der Waals surface area contributed by atoms with Crippen LogP contribution in [0.5, 0.6) is 0 Å². The molecule has 3 heteroatoms. The lowest BCUT2D eigenvalue weighted by Gasteiger charge is -2.40. The number of carbonyl (C=O) groups is 1. The van der Waals surface area contributed by atoms with Gasteiger partial charge in [0.05, 0.1) is 0 Å². The molecule has 1 aliphatic rings. The summed E-state index contributed by atoms with van der Waals surface area (Å²) in [7, 11) is 0. The van der Waals surface area contributed by atoms with Crippen molar-refractivity contribution in [1.29, 1.82) is 0 Å². The molecule has 1 rings (SSSR count). The summed E-state index contributed by atoms with van der Waals surface area (Å²) in [6, 6.07) is 0.0797. The maximum Gasteiger partial charge on any atom is 0.224 e. The van der Waals surface area contributed by atoms with E-state index in [1.54, 1.807) is 0 Å². The molecule has 1 heterocycles. The summed E-state index contributed by atoms with van der Waals surface area (Å²) in [6.45, 7) is 6.98. The highest BCUT2D eigenvalue weighted by molar-refractivity contribution is 5.78. The van der Waals surface area contributed by atoms with Crippen molar-refractivity contribution in [2.45, 2.75) is 45.2 Å². The van der Waals surface area contributed by atoms with Crippen LogP contribution >= 0.6 is 0 Å². The van der Waals surface area contributed by atoms with Crippen LogP contribution in [0, 0.1) is 0 Å². The summed E-state index contributed by atoms with van der Waals surface area (Å²) in [4.78, 5) is 13.4. The number of amides is 1. The predicted molar refractivity (Wildman–Crippen MR) is 48.7 cm³/mol. The van der Waals surface area contributed by atoms with Gasteiger partial charge in [0.15, 0.2) is 0 Å². The van der Waals surface area contributed by atoms with Crippen LogP contribution in [-0.4, -0.2) is 28.9 Å². The van der Waals surface area contributed by atoms with Gasteiger partial charge in [-0.3, -0.25) is 4.79 Å². The third-order valence-electron chi connectivity index (χ3n) is 2.27. The van der Waals surface area contributed by atoms with Crippen LogP contribution in [0.15, 0.2) is 0 Å². The Morgan fingerprint density at radius 2 is 2.08 bits per heavy atom. The van der Waals surface area contributed by atoms with Gasteiger partial charge in [-0.25, -0.2) is 0 Å². The lowest BCUT2D eigenvalue weighted by atomic mass is 9.98. The summed E-state index contributed by atoms with van der Waals surface area (Å²) in [6.07, 6.45) is 1.44. The standard InChI is InChI=1S/C9H18N2O/c1-9(2,3)11-5-4-7(10)6-8(11)12/h7H,4-6,10H2,1-3H3. The van der Waals surface area contributed by atoms with Crippen molar-refractivity contribution in [3.05, 3.63) is 0 Å². The highest BCUT2D eigenvalue weighted by Crippen LogP contribution is 2.20. The van der Waals surface area contributed by atoms with Gasteiger partial charge in [0.2, 0.25) is 5.91 Å². The molecular formula is C9H18N2O. The van der Waals surface area contributed by atoms with E-state index in [1.807, 2.05) is 4.90 Å². The molecule has 2 N–H and O–H groups in total. The fraction of sp³-hybridized carbons (Fsp3) is 0.889. The summed E-state index contributed by atoms with van der Waals surface area (Å²) in [5.41, 5.74) is 5.64. The van der Waals surface area contributed by atoms with E-state index < -0.39 is 0 Å². The molecule has 70 valence electrons. The molecule has 0 aromatic heterocycles. The summed E-state index contributed by atoms with van der Waals surface area (Å²) < 4.78 is 0.